The molecule has 92 heavy (non-hydrogen) atoms. The van der Waals surface area contributed by atoms with Crippen LogP contribution in [-0.2, 0) is 78.2 Å². The Morgan fingerprint density at radius 1 is 0.565 bits per heavy atom. The molecule has 0 aliphatic carbocycles. The molecule has 3 aromatic rings. The van der Waals surface area contributed by atoms with Crippen LogP contribution in [0.15, 0.2) is 78.9 Å². The lowest BCUT2D eigenvalue weighted by atomic mass is 9.97. The fourth-order valence-electron chi connectivity index (χ4n) is 11.2. The van der Waals surface area contributed by atoms with Gasteiger partial charge in [0.05, 0.1) is 25.2 Å². The molecule has 2 heterocycles. The Kier molecular flexibility index (Phi) is 27.2. The van der Waals surface area contributed by atoms with Gasteiger partial charge < -0.3 is 55.1 Å². The molecule has 22 nitrogen and oxygen atoms in total. The van der Waals surface area contributed by atoms with E-state index in [1.807, 2.05) is 20.8 Å². The SMILES string of the molecule is CC[C@H](C)[C@@H]1NC(=O)[C@H](C)N(C)C(=O)C[C@@H](C)NC(=O)[C@H](CC(C)C)N(C)C(=O)[C@H](Cc2ccccc2)N(C)C(=O)C2CCCN2C(=O)[C@H](CCc2ccc(C(F)(F)F)cc2)NC(=O)CN(C)C(=O)[C@H](Cc2ccc(Cl)cc2)N(C)C(=O)CN(C)C(=O)CN(C)C1=O. The Hall–Kier alpha value is -8.09. The number of likely N-dealkylation sites (N-methyl/N-ethyl adjacent to an activating group) is 7. The zero-order chi connectivity index (χ0) is 68.6. The second-order valence-corrected chi connectivity index (χ2v) is 25.4. The van der Waals surface area contributed by atoms with Gasteiger partial charge in [-0.3, -0.25) is 52.7 Å². The Bertz CT molecular complexity index is 3100. The van der Waals surface area contributed by atoms with Crippen LogP contribution in [0.3, 0.4) is 0 Å². The van der Waals surface area contributed by atoms with Gasteiger partial charge in [0, 0.05) is 86.2 Å². The third kappa shape index (κ3) is 20.2. The Morgan fingerprint density at radius 2 is 1.12 bits per heavy atom. The van der Waals surface area contributed by atoms with Crippen LogP contribution in [0.4, 0.5) is 13.2 Å². The highest BCUT2D eigenvalue weighted by atomic mass is 35.5. The predicted molar refractivity (Wildman–Crippen MR) is 340 cm³/mol. The average Bonchev–Trinajstić information content (AvgIpc) is 1.47. The number of carbonyl (C=O) groups excluding carboxylic acids is 11. The number of hydrogen-bond acceptors (Lipinski definition) is 11. The van der Waals surface area contributed by atoms with E-state index in [0.29, 0.717) is 34.6 Å². The highest BCUT2D eigenvalue weighted by Gasteiger charge is 2.44. The summed E-state index contributed by atoms with van der Waals surface area (Å²) in [6, 6.07) is 10.2. The quantitative estimate of drug-likeness (QED) is 0.242. The van der Waals surface area contributed by atoms with Crippen molar-refractivity contribution in [2.75, 3.05) is 75.5 Å². The second kappa shape index (κ2) is 33.5. The fraction of sp³-hybridized carbons (Fsp3) is 0.561. The molecule has 9 atom stereocenters. The first kappa shape index (κ1) is 74.6. The number of fused-ring (bicyclic) bond motifs is 1. The monoisotopic (exact) mass is 1310 g/mol. The summed E-state index contributed by atoms with van der Waals surface area (Å²) in [5.41, 5.74) is 0.723. The second-order valence-electron chi connectivity index (χ2n) is 24.9. The highest BCUT2D eigenvalue weighted by molar-refractivity contribution is 6.30. The third-order valence-electron chi connectivity index (χ3n) is 17.4. The number of halogens is 4. The molecule has 504 valence electrons. The zero-order valence-corrected chi connectivity index (χ0v) is 55.8. The summed E-state index contributed by atoms with van der Waals surface area (Å²) in [7, 11) is 9.66. The molecule has 3 aromatic carbocycles. The van der Waals surface area contributed by atoms with Gasteiger partial charge in [0.2, 0.25) is 65.0 Å². The number of nitrogens with zero attached hydrogens (tertiary/aromatic N) is 8. The molecule has 1 unspecified atom stereocenters. The summed E-state index contributed by atoms with van der Waals surface area (Å²) in [6.07, 6.45) is -4.18. The van der Waals surface area contributed by atoms with Gasteiger partial charge in [-0.2, -0.15) is 13.2 Å². The van der Waals surface area contributed by atoms with Crippen LogP contribution in [0, 0.1) is 11.8 Å². The smallest absolute Gasteiger partial charge is 0.351 e. The zero-order valence-electron chi connectivity index (χ0n) is 55.1. The van der Waals surface area contributed by atoms with E-state index < -0.39 is 151 Å². The molecular formula is C66H91ClF3N11O11. The molecule has 0 spiro atoms. The minimum Gasteiger partial charge on any atom is -0.351 e. The maximum absolute atomic E-state index is 15.2. The Labute approximate surface area is 542 Å². The van der Waals surface area contributed by atoms with E-state index >= 15 is 14.4 Å². The first-order valence-electron chi connectivity index (χ1n) is 31.1. The molecule has 2 fully saturated rings. The van der Waals surface area contributed by atoms with Crippen molar-refractivity contribution in [3.8, 4) is 0 Å². The summed E-state index contributed by atoms with van der Waals surface area (Å²) in [5, 5.41) is 8.77. The lowest BCUT2D eigenvalue weighted by Gasteiger charge is -2.37. The van der Waals surface area contributed by atoms with E-state index in [0.717, 1.165) is 31.7 Å². The molecule has 0 radical (unpaired) electrons. The van der Waals surface area contributed by atoms with Crippen LogP contribution in [0.5, 0.6) is 0 Å². The number of benzene rings is 3. The van der Waals surface area contributed by atoms with Gasteiger partial charge in [-0.1, -0.05) is 100 Å². The maximum atomic E-state index is 15.2. The third-order valence-corrected chi connectivity index (χ3v) is 17.7. The number of aryl methyl sites for hydroxylation is 1. The first-order chi connectivity index (χ1) is 43.1. The van der Waals surface area contributed by atoms with E-state index in [4.69, 9.17) is 11.6 Å². The molecule has 0 saturated carbocycles. The molecule has 2 aliphatic rings. The van der Waals surface area contributed by atoms with Crippen molar-refractivity contribution in [3.63, 3.8) is 0 Å². The van der Waals surface area contributed by atoms with Gasteiger partial charge in [-0.25, -0.2) is 0 Å². The van der Waals surface area contributed by atoms with Gasteiger partial charge in [-0.05, 0) is 98.7 Å². The van der Waals surface area contributed by atoms with E-state index in [1.54, 1.807) is 68.4 Å². The minimum atomic E-state index is -4.63. The van der Waals surface area contributed by atoms with Gasteiger partial charge in [0.15, 0.2) is 0 Å². The molecule has 11 amide bonds. The van der Waals surface area contributed by atoms with E-state index in [1.165, 1.54) is 88.0 Å². The number of hydrogen-bond donors (Lipinski definition) is 3. The number of carbonyl (C=O) groups is 11. The highest BCUT2D eigenvalue weighted by Crippen LogP contribution is 2.30. The number of amides is 11. The summed E-state index contributed by atoms with van der Waals surface area (Å²) in [4.78, 5) is 168. The lowest BCUT2D eigenvalue weighted by Crippen LogP contribution is -2.59. The number of nitrogens with one attached hydrogen (secondary N) is 3. The molecule has 2 saturated heterocycles. The van der Waals surface area contributed by atoms with Crippen molar-refractivity contribution in [2.45, 2.75) is 154 Å². The molecule has 5 rings (SSSR count). The Morgan fingerprint density at radius 3 is 1.71 bits per heavy atom. The van der Waals surface area contributed by atoms with E-state index in [9.17, 15) is 51.5 Å². The van der Waals surface area contributed by atoms with Crippen LogP contribution < -0.4 is 16.0 Å². The summed E-state index contributed by atoms with van der Waals surface area (Å²) in [5.74, 6) is -7.99. The molecule has 2 aliphatic heterocycles. The van der Waals surface area contributed by atoms with Crippen LogP contribution in [0.1, 0.15) is 102 Å². The van der Waals surface area contributed by atoms with Gasteiger partial charge in [0.25, 0.3) is 0 Å². The van der Waals surface area contributed by atoms with Crippen LogP contribution in [0.25, 0.3) is 0 Å². The van der Waals surface area contributed by atoms with Crippen molar-refractivity contribution >= 4 is 76.6 Å². The lowest BCUT2D eigenvalue weighted by molar-refractivity contribution is -0.152. The van der Waals surface area contributed by atoms with Crippen molar-refractivity contribution in [2.24, 2.45) is 11.8 Å². The molecular weight excluding hydrogens is 1220 g/mol. The minimum absolute atomic E-state index is 0.0197. The van der Waals surface area contributed by atoms with Crippen molar-refractivity contribution in [1.29, 1.82) is 0 Å². The van der Waals surface area contributed by atoms with Crippen LogP contribution in [-0.4, -0.2) is 228 Å². The fourth-order valence-corrected chi connectivity index (χ4v) is 11.3. The van der Waals surface area contributed by atoms with Crippen LogP contribution in [0.2, 0.25) is 5.02 Å². The average molecular weight is 1310 g/mol. The molecule has 0 bridgehead atoms. The van der Waals surface area contributed by atoms with Gasteiger partial charge in [-0.15, -0.1) is 0 Å². The van der Waals surface area contributed by atoms with Gasteiger partial charge in [0.1, 0.15) is 42.3 Å². The Balaban J connectivity index is 1.58. The van der Waals surface area contributed by atoms with Crippen molar-refractivity contribution in [1.82, 2.24) is 55.1 Å². The van der Waals surface area contributed by atoms with E-state index in [-0.39, 0.29) is 57.4 Å². The summed E-state index contributed by atoms with van der Waals surface area (Å²) < 4.78 is 40.9. The molecule has 26 heteroatoms. The largest absolute Gasteiger partial charge is 0.416 e. The number of alkyl halides is 3. The topological polar surface area (TPSA) is 250 Å². The first-order valence-corrected chi connectivity index (χ1v) is 31.5. The van der Waals surface area contributed by atoms with E-state index in [2.05, 4.69) is 16.0 Å². The normalized spacial score (nSPS) is 24.3. The van der Waals surface area contributed by atoms with Crippen LogP contribution >= 0.6 is 11.6 Å². The molecule has 3 N–H and O–H groups in total. The van der Waals surface area contributed by atoms with Gasteiger partial charge >= 0.3 is 6.18 Å². The summed E-state index contributed by atoms with van der Waals surface area (Å²) >= 11 is 6.21. The number of rotatable bonds is 11. The van der Waals surface area contributed by atoms with Crippen molar-refractivity contribution in [3.05, 3.63) is 106 Å². The van der Waals surface area contributed by atoms with Crippen molar-refractivity contribution < 1.29 is 65.9 Å². The molecule has 0 aromatic heterocycles. The summed E-state index contributed by atoms with van der Waals surface area (Å²) in [6.45, 7) is 8.60. The predicted octanol–water partition coefficient (Wildman–Crippen LogP) is 4.44. The standard InChI is InChI=1S/C66H91ClF3N11O11/c1-14-41(4)58-65(92)76(9)38-56(84)74(7)39-57(85)78(11)52(36-46-24-29-48(67)30-25-46)62(89)75(8)37-54(82)72-49(31-26-44-22-27-47(28-23-44)66(68,69)70)61(88)81-32-18-21-50(81)63(90)80(13)53(35-45-19-16-15-17-20-45)64(91)79(12)51(33-40(2)3)60(87)71-42(5)34-55(83)77(10)43(6)59(86)73-58/h15-17,19-20,22-25,27-30,40-43,49-53,58H,14,18,21,26,31-39H2,1-13H3,(H,71,87)(H,72,82)(H,73,86)/t41-,42+,43-,49-,50?,51-,52-,53-,58-/m0/s1. The maximum Gasteiger partial charge on any atom is 0.416 e.